The van der Waals surface area contributed by atoms with Crippen LogP contribution in [0, 0.1) is 0 Å². The summed E-state index contributed by atoms with van der Waals surface area (Å²) in [6, 6.07) is 6.58. The number of pyridine rings is 1. The summed E-state index contributed by atoms with van der Waals surface area (Å²) < 4.78 is 0. The van der Waals surface area contributed by atoms with E-state index in [9.17, 15) is 9.59 Å². The standard InChI is InChI=1S/C16H15Cl2N3O3/c1-16(19,6-13(22)23)9-2-4-10(5-3-9)21-15(24)14-11(17)7-20-8-12(14)18/h2-5,7-8H,6,19H2,1H3,(H,21,24)(H,22,23). The van der Waals surface area contributed by atoms with E-state index in [1.54, 1.807) is 31.2 Å². The molecule has 1 heterocycles. The van der Waals surface area contributed by atoms with Crippen molar-refractivity contribution in [1.82, 2.24) is 4.98 Å². The number of benzene rings is 1. The number of amides is 1. The number of aliphatic carboxylic acids is 1. The molecule has 126 valence electrons. The summed E-state index contributed by atoms with van der Waals surface area (Å²) in [7, 11) is 0. The molecule has 2 rings (SSSR count). The van der Waals surface area contributed by atoms with Gasteiger partial charge in [-0.1, -0.05) is 35.3 Å². The molecule has 6 nitrogen and oxygen atoms in total. The fourth-order valence-corrected chi connectivity index (χ4v) is 2.71. The van der Waals surface area contributed by atoms with E-state index in [1.807, 2.05) is 0 Å². The first-order valence-corrected chi connectivity index (χ1v) is 7.68. The zero-order valence-corrected chi connectivity index (χ0v) is 14.2. The number of hydrogen-bond acceptors (Lipinski definition) is 4. The van der Waals surface area contributed by atoms with Crippen LogP contribution >= 0.6 is 23.2 Å². The van der Waals surface area contributed by atoms with Crippen LogP contribution in [-0.2, 0) is 10.3 Å². The van der Waals surface area contributed by atoms with Gasteiger partial charge in [-0.2, -0.15) is 0 Å². The molecule has 0 bridgehead atoms. The van der Waals surface area contributed by atoms with Crippen LogP contribution in [0.1, 0.15) is 29.3 Å². The van der Waals surface area contributed by atoms with Gasteiger partial charge in [-0.05, 0) is 24.6 Å². The maximum Gasteiger partial charge on any atom is 0.305 e. The van der Waals surface area contributed by atoms with Gasteiger partial charge in [-0.15, -0.1) is 0 Å². The number of nitrogens with zero attached hydrogens (tertiary/aromatic N) is 1. The highest BCUT2D eigenvalue weighted by Gasteiger charge is 2.24. The van der Waals surface area contributed by atoms with E-state index in [2.05, 4.69) is 10.3 Å². The topological polar surface area (TPSA) is 105 Å². The summed E-state index contributed by atoms with van der Waals surface area (Å²) in [4.78, 5) is 26.9. The number of carbonyl (C=O) groups is 2. The van der Waals surface area contributed by atoms with Crippen LogP contribution in [0.2, 0.25) is 10.0 Å². The van der Waals surface area contributed by atoms with Crippen LogP contribution in [0.4, 0.5) is 5.69 Å². The van der Waals surface area contributed by atoms with Crippen LogP contribution in [-0.4, -0.2) is 22.0 Å². The lowest BCUT2D eigenvalue weighted by molar-refractivity contribution is -0.138. The summed E-state index contributed by atoms with van der Waals surface area (Å²) in [5, 5.41) is 11.9. The molecule has 1 amide bonds. The third-order valence-corrected chi connectivity index (χ3v) is 3.97. The monoisotopic (exact) mass is 367 g/mol. The highest BCUT2D eigenvalue weighted by molar-refractivity contribution is 6.40. The number of carbonyl (C=O) groups excluding carboxylic acids is 1. The second-order valence-electron chi connectivity index (χ2n) is 5.50. The molecule has 2 aromatic rings. The molecular formula is C16H15Cl2N3O3. The molecule has 0 saturated carbocycles. The van der Waals surface area contributed by atoms with Crippen LogP contribution in [0.15, 0.2) is 36.7 Å². The number of rotatable bonds is 5. The largest absolute Gasteiger partial charge is 0.481 e. The van der Waals surface area contributed by atoms with Crippen molar-refractivity contribution >= 4 is 40.8 Å². The second-order valence-corrected chi connectivity index (χ2v) is 6.31. The Morgan fingerprint density at radius 3 is 2.25 bits per heavy atom. The molecule has 1 unspecified atom stereocenters. The summed E-state index contributed by atoms with van der Waals surface area (Å²) >= 11 is 11.9. The molecule has 8 heteroatoms. The molecule has 0 fully saturated rings. The van der Waals surface area contributed by atoms with Gasteiger partial charge in [0.1, 0.15) is 0 Å². The Bertz CT molecular complexity index is 756. The molecule has 1 atom stereocenters. The summed E-state index contributed by atoms with van der Waals surface area (Å²) in [5.74, 6) is -1.46. The predicted molar refractivity (Wildman–Crippen MR) is 92.4 cm³/mol. The maximum atomic E-state index is 12.3. The van der Waals surface area contributed by atoms with E-state index < -0.39 is 17.4 Å². The maximum absolute atomic E-state index is 12.3. The molecule has 0 aliphatic rings. The highest BCUT2D eigenvalue weighted by atomic mass is 35.5. The molecule has 0 radical (unpaired) electrons. The van der Waals surface area contributed by atoms with Crippen molar-refractivity contribution in [3.8, 4) is 0 Å². The van der Waals surface area contributed by atoms with Crippen LogP contribution in [0.5, 0.6) is 0 Å². The molecule has 4 N–H and O–H groups in total. The first-order valence-electron chi connectivity index (χ1n) is 6.92. The zero-order chi connectivity index (χ0) is 17.9. The molecule has 0 spiro atoms. The molecule has 0 aliphatic carbocycles. The lowest BCUT2D eigenvalue weighted by atomic mass is 9.90. The van der Waals surface area contributed by atoms with Crippen molar-refractivity contribution < 1.29 is 14.7 Å². The Kier molecular flexibility index (Phi) is 5.43. The number of hydrogen-bond donors (Lipinski definition) is 3. The smallest absolute Gasteiger partial charge is 0.305 e. The van der Waals surface area contributed by atoms with E-state index in [0.717, 1.165) is 0 Å². The number of carboxylic acid groups (broad SMARTS) is 1. The Hall–Kier alpha value is -2.15. The summed E-state index contributed by atoms with van der Waals surface area (Å²) in [6.07, 6.45) is 2.45. The van der Waals surface area contributed by atoms with Crippen molar-refractivity contribution in [2.75, 3.05) is 5.32 Å². The van der Waals surface area contributed by atoms with Gasteiger partial charge in [0.2, 0.25) is 0 Å². The normalized spacial score (nSPS) is 13.2. The fraction of sp³-hybridized carbons (Fsp3) is 0.188. The Balaban J connectivity index is 2.17. The SMILES string of the molecule is CC(N)(CC(=O)O)c1ccc(NC(=O)c2c(Cl)cncc2Cl)cc1. The lowest BCUT2D eigenvalue weighted by Gasteiger charge is -2.23. The number of nitrogens with two attached hydrogens (primary N) is 1. The number of aromatic nitrogens is 1. The average molecular weight is 368 g/mol. The fourth-order valence-electron chi connectivity index (χ4n) is 2.17. The minimum Gasteiger partial charge on any atom is -0.481 e. The number of carboxylic acids is 1. The Morgan fingerprint density at radius 1 is 1.21 bits per heavy atom. The third-order valence-electron chi connectivity index (χ3n) is 3.40. The molecule has 0 aliphatic heterocycles. The molecule has 24 heavy (non-hydrogen) atoms. The van der Waals surface area contributed by atoms with Gasteiger partial charge in [-0.25, -0.2) is 0 Å². The number of anilines is 1. The van der Waals surface area contributed by atoms with Gasteiger partial charge in [0.15, 0.2) is 0 Å². The van der Waals surface area contributed by atoms with Gasteiger partial charge in [0, 0.05) is 23.6 Å². The first kappa shape index (κ1) is 18.2. The molecule has 0 saturated heterocycles. The van der Waals surface area contributed by atoms with Gasteiger partial charge in [-0.3, -0.25) is 14.6 Å². The van der Waals surface area contributed by atoms with E-state index in [0.29, 0.717) is 11.3 Å². The highest BCUT2D eigenvalue weighted by Crippen LogP contribution is 2.26. The van der Waals surface area contributed by atoms with Crippen LogP contribution < -0.4 is 11.1 Å². The predicted octanol–water partition coefficient (Wildman–Crippen LogP) is 3.29. The quantitative estimate of drug-likeness (QED) is 0.751. The second kappa shape index (κ2) is 7.17. The minimum absolute atomic E-state index is 0.131. The van der Waals surface area contributed by atoms with E-state index in [-0.39, 0.29) is 22.0 Å². The zero-order valence-electron chi connectivity index (χ0n) is 12.7. The summed E-state index contributed by atoms with van der Waals surface area (Å²) in [6.45, 7) is 1.63. The first-order chi connectivity index (χ1) is 11.2. The lowest BCUT2D eigenvalue weighted by Crippen LogP contribution is -2.35. The van der Waals surface area contributed by atoms with Crippen molar-refractivity contribution in [3.05, 3.63) is 57.8 Å². The van der Waals surface area contributed by atoms with Crippen molar-refractivity contribution in [1.29, 1.82) is 0 Å². The van der Waals surface area contributed by atoms with Crippen molar-refractivity contribution in [3.63, 3.8) is 0 Å². The third kappa shape index (κ3) is 4.23. The van der Waals surface area contributed by atoms with E-state index >= 15 is 0 Å². The molecule has 1 aromatic heterocycles. The molecular weight excluding hydrogens is 353 g/mol. The van der Waals surface area contributed by atoms with Gasteiger partial charge in [0.25, 0.3) is 5.91 Å². The van der Waals surface area contributed by atoms with Crippen LogP contribution in [0.3, 0.4) is 0 Å². The van der Waals surface area contributed by atoms with Gasteiger partial charge in [0.05, 0.1) is 22.0 Å². The van der Waals surface area contributed by atoms with Crippen molar-refractivity contribution in [2.45, 2.75) is 18.9 Å². The van der Waals surface area contributed by atoms with E-state index in [1.165, 1.54) is 12.4 Å². The summed E-state index contributed by atoms with van der Waals surface area (Å²) in [5.41, 5.74) is 6.28. The average Bonchev–Trinajstić information content (AvgIpc) is 2.46. The van der Waals surface area contributed by atoms with Gasteiger partial charge >= 0.3 is 5.97 Å². The molecule has 1 aromatic carbocycles. The number of nitrogens with one attached hydrogen (secondary N) is 1. The Labute approximate surface area is 148 Å². The van der Waals surface area contributed by atoms with Crippen LogP contribution in [0.25, 0.3) is 0 Å². The number of halogens is 2. The van der Waals surface area contributed by atoms with Gasteiger partial charge < -0.3 is 16.2 Å². The van der Waals surface area contributed by atoms with E-state index in [4.69, 9.17) is 34.0 Å². The van der Waals surface area contributed by atoms with Crippen molar-refractivity contribution in [2.24, 2.45) is 5.73 Å². The minimum atomic E-state index is -1.01. The Morgan fingerprint density at radius 2 is 1.75 bits per heavy atom.